The minimum absolute atomic E-state index is 0.130. The van der Waals surface area contributed by atoms with E-state index < -0.39 is 17.9 Å². The largest absolute Gasteiger partial charge is 0.494 e. The number of azo groups is 1. The zero-order chi connectivity index (χ0) is 49.5. The average molecular weight is 951 g/mol. The number of carboxylic acid groups (broad SMARTS) is 1. The molecule has 1 heterocycles. The molecule has 0 saturated carbocycles. The van der Waals surface area contributed by atoms with Crippen molar-refractivity contribution in [2.24, 2.45) is 22.1 Å². The molecule has 1 N–H and O–H groups in total. The summed E-state index contributed by atoms with van der Waals surface area (Å²) < 4.78 is 28.9. The smallest absolute Gasteiger partial charge is 0.343 e. The number of carbonyl (C=O) groups is 3. The molecule has 70 heavy (non-hydrogen) atoms. The van der Waals surface area contributed by atoms with E-state index >= 15 is 0 Å². The van der Waals surface area contributed by atoms with Crippen molar-refractivity contribution < 1.29 is 42.9 Å². The van der Waals surface area contributed by atoms with Crippen molar-refractivity contribution >= 4 is 29.3 Å². The third kappa shape index (κ3) is 17.4. The number of aromatic nitrogens is 2. The molecule has 0 aliphatic carbocycles. The lowest BCUT2D eigenvalue weighted by atomic mass is 9.98. The van der Waals surface area contributed by atoms with E-state index in [1.54, 1.807) is 24.3 Å². The van der Waals surface area contributed by atoms with Crippen LogP contribution in [0, 0.1) is 11.8 Å². The van der Waals surface area contributed by atoms with Crippen LogP contribution in [0.5, 0.6) is 23.0 Å². The van der Waals surface area contributed by atoms with Gasteiger partial charge in [-0.25, -0.2) is 14.4 Å². The zero-order valence-electron chi connectivity index (χ0n) is 40.9. The molecule has 1 atom stereocenters. The Morgan fingerprint density at radius 1 is 0.514 bits per heavy atom. The Balaban J connectivity index is 0.954. The number of esters is 2. The van der Waals surface area contributed by atoms with Crippen LogP contribution in [0.15, 0.2) is 130 Å². The van der Waals surface area contributed by atoms with Gasteiger partial charge in [-0.05, 0) is 134 Å². The number of carboxylic acids is 1. The fraction of sp³-hybridized carbons (Fsp3) is 0.386. The molecule has 0 radical (unpaired) electrons. The minimum Gasteiger partial charge on any atom is -0.494 e. The van der Waals surface area contributed by atoms with Gasteiger partial charge in [0.15, 0.2) is 0 Å². The van der Waals surface area contributed by atoms with Crippen LogP contribution in [0.4, 0.5) is 11.4 Å². The maximum Gasteiger partial charge on any atom is 0.343 e. The highest BCUT2D eigenvalue weighted by molar-refractivity contribution is 5.94. The SMILES string of the molecule is CCCCCCCCCCCCOc1ccc(-c2nnc(-c3ccc(C(=O)Oc4cc(OC(=O)c5ccc(N=Nc6ccc(OCC[C@@H](C)CCCC(C)C)cc6)cc5)cc(C(=O)O)c4)cc3)o2)cc1. The van der Waals surface area contributed by atoms with Gasteiger partial charge in [0.1, 0.15) is 23.0 Å². The number of benzene rings is 5. The molecule has 0 saturated heterocycles. The fourth-order valence-corrected chi connectivity index (χ4v) is 7.61. The summed E-state index contributed by atoms with van der Waals surface area (Å²) in [6.07, 6.45) is 17.5. The Labute approximate surface area is 411 Å². The number of nitrogens with zero attached hydrogens (tertiary/aromatic N) is 4. The molecule has 5 aromatic carbocycles. The summed E-state index contributed by atoms with van der Waals surface area (Å²) in [5, 5.41) is 26.7. The Bertz CT molecular complexity index is 2570. The third-order valence-corrected chi connectivity index (χ3v) is 11.8. The molecular formula is C57H66N4O9. The van der Waals surface area contributed by atoms with Crippen molar-refractivity contribution in [3.8, 4) is 45.9 Å². The second-order valence-corrected chi connectivity index (χ2v) is 18.1. The Morgan fingerprint density at radius 2 is 0.971 bits per heavy atom. The van der Waals surface area contributed by atoms with Crippen LogP contribution in [0.1, 0.15) is 149 Å². The van der Waals surface area contributed by atoms with Gasteiger partial charge in [0.05, 0.1) is 41.3 Å². The number of ether oxygens (including phenoxy) is 4. The van der Waals surface area contributed by atoms with Crippen LogP contribution in [0.3, 0.4) is 0 Å². The molecule has 13 nitrogen and oxygen atoms in total. The maximum atomic E-state index is 13.2. The molecule has 13 heteroatoms. The lowest BCUT2D eigenvalue weighted by molar-refractivity contribution is 0.0680. The second-order valence-electron chi connectivity index (χ2n) is 18.1. The van der Waals surface area contributed by atoms with Crippen molar-refractivity contribution in [1.29, 1.82) is 0 Å². The van der Waals surface area contributed by atoms with Gasteiger partial charge in [-0.1, -0.05) is 105 Å². The summed E-state index contributed by atoms with van der Waals surface area (Å²) in [6, 6.07) is 31.1. The van der Waals surface area contributed by atoms with Crippen molar-refractivity contribution in [2.45, 2.75) is 118 Å². The van der Waals surface area contributed by atoms with Gasteiger partial charge in [-0.15, -0.1) is 10.2 Å². The first-order valence-corrected chi connectivity index (χ1v) is 24.8. The Kier molecular flexibility index (Phi) is 20.7. The average Bonchev–Trinajstić information content (AvgIpc) is 3.86. The highest BCUT2D eigenvalue weighted by atomic mass is 16.5. The van der Waals surface area contributed by atoms with Crippen LogP contribution in [-0.4, -0.2) is 46.4 Å². The van der Waals surface area contributed by atoms with Gasteiger partial charge < -0.3 is 28.5 Å². The number of carbonyl (C=O) groups excluding carboxylic acids is 2. The summed E-state index contributed by atoms with van der Waals surface area (Å²) in [5.74, 6) is 0.394. The molecule has 6 rings (SSSR count). The van der Waals surface area contributed by atoms with Gasteiger partial charge in [0, 0.05) is 17.2 Å². The molecule has 0 bridgehead atoms. The molecule has 0 aliphatic rings. The normalized spacial score (nSPS) is 11.7. The van der Waals surface area contributed by atoms with Crippen LogP contribution in [0.2, 0.25) is 0 Å². The molecule has 0 unspecified atom stereocenters. The molecule has 6 aromatic rings. The predicted octanol–water partition coefficient (Wildman–Crippen LogP) is 15.5. The lowest BCUT2D eigenvalue weighted by Crippen LogP contribution is -2.11. The summed E-state index contributed by atoms with van der Waals surface area (Å²) in [7, 11) is 0. The number of hydrogen-bond donors (Lipinski definition) is 1. The number of unbranched alkanes of at least 4 members (excludes halogenated alkanes) is 9. The third-order valence-electron chi connectivity index (χ3n) is 11.8. The quantitative estimate of drug-likeness (QED) is 0.0205. The van der Waals surface area contributed by atoms with Gasteiger partial charge in [0.2, 0.25) is 11.8 Å². The first-order chi connectivity index (χ1) is 34.0. The molecule has 0 fully saturated rings. The van der Waals surface area contributed by atoms with Gasteiger partial charge in [-0.3, -0.25) is 0 Å². The first kappa shape index (κ1) is 52.2. The molecule has 0 spiro atoms. The zero-order valence-corrected chi connectivity index (χ0v) is 40.9. The Hall–Kier alpha value is -7.15. The molecular weight excluding hydrogens is 885 g/mol. The van der Waals surface area contributed by atoms with E-state index in [0.29, 0.717) is 42.0 Å². The monoisotopic (exact) mass is 950 g/mol. The molecule has 0 amide bonds. The van der Waals surface area contributed by atoms with E-state index in [9.17, 15) is 19.5 Å². The molecule has 1 aromatic heterocycles. The number of hydrogen-bond acceptors (Lipinski definition) is 12. The van der Waals surface area contributed by atoms with Crippen LogP contribution in [-0.2, 0) is 0 Å². The highest BCUT2D eigenvalue weighted by Crippen LogP contribution is 2.29. The van der Waals surface area contributed by atoms with E-state index in [0.717, 1.165) is 35.8 Å². The fourth-order valence-electron chi connectivity index (χ4n) is 7.61. The van der Waals surface area contributed by atoms with Gasteiger partial charge in [0.25, 0.3) is 0 Å². The van der Waals surface area contributed by atoms with Gasteiger partial charge in [-0.2, -0.15) is 10.2 Å². The van der Waals surface area contributed by atoms with Crippen molar-refractivity contribution in [3.63, 3.8) is 0 Å². The predicted molar refractivity (Wildman–Crippen MR) is 271 cm³/mol. The van der Waals surface area contributed by atoms with Crippen LogP contribution >= 0.6 is 0 Å². The summed E-state index contributed by atoms with van der Waals surface area (Å²) in [4.78, 5) is 38.4. The number of aromatic carboxylic acids is 1. The van der Waals surface area contributed by atoms with Crippen molar-refractivity contribution in [3.05, 3.63) is 132 Å². The van der Waals surface area contributed by atoms with E-state index in [-0.39, 0.29) is 34.1 Å². The van der Waals surface area contributed by atoms with Crippen LogP contribution < -0.4 is 18.9 Å². The van der Waals surface area contributed by atoms with Crippen LogP contribution in [0.25, 0.3) is 22.9 Å². The second kappa shape index (κ2) is 27.7. The summed E-state index contributed by atoms with van der Waals surface area (Å²) >= 11 is 0. The van der Waals surface area contributed by atoms with E-state index in [4.69, 9.17) is 23.4 Å². The topological polar surface area (TPSA) is 172 Å². The van der Waals surface area contributed by atoms with E-state index in [2.05, 4.69) is 48.1 Å². The van der Waals surface area contributed by atoms with Gasteiger partial charge >= 0.3 is 17.9 Å². The Morgan fingerprint density at radius 3 is 1.49 bits per heavy atom. The first-order valence-electron chi connectivity index (χ1n) is 24.8. The standard InChI is InChI=1S/C57H66N4O9/c1-5-6-7-8-9-10-11-12-13-14-35-66-49-30-24-43(25-31-49)54-61-60-53(70-54)42-18-20-44(21-19-42)56(64)68-51-37-46(55(62)63)38-52(39-51)69-57(65)45-22-26-47(27-23-45)58-59-48-28-32-50(33-29-48)67-36-34-41(4)17-15-16-40(2)3/h18-33,37-41H,5-17,34-36H2,1-4H3,(H,62,63)/t41-/m0/s1. The van der Waals surface area contributed by atoms with Crippen molar-refractivity contribution in [2.75, 3.05) is 13.2 Å². The molecule has 368 valence electrons. The maximum absolute atomic E-state index is 13.2. The lowest BCUT2D eigenvalue weighted by Gasteiger charge is -2.13. The minimum atomic E-state index is -1.31. The summed E-state index contributed by atoms with van der Waals surface area (Å²) in [5.41, 5.74) is 2.55. The molecule has 0 aliphatic heterocycles. The van der Waals surface area contributed by atoms with Crippen molar-refractivity contribution in [1.82, 2.24) is 10.2 Å². The highest BCUT2D eigenvalue weighted by Gasteiger charge is 2.18. The number of rotatable bonds is 29. The summed E-state index contributed by atoms with van der Waals surface area (Å²) in [6.45, 7) is 10.4. The van der Waals surface area contributed by atoms with E-state index in [1.807, 2.05) is 48.5 Å². The van der Waals surface area contributed by atoms with E-state index in [1.165, 1.54) is 120 Å².